The summed E-state index contributed by atoms with van der Waals surface area (Å²) in [6, 6.07) is 18.0. The summed E-state index contributed by atoms with van der Waals surface area (Å²) < 4.78 is 10.4. The molecule has 0 atom stereocenters. The zero-order chi connectivity index (χ0) is 17.0. The van der Waals surface area contributed by atoms with Gasteiger partial charge < -0.3 is 14.8 Å². The first-order valence-corrected chi connectivity index (χ1v) is 8.36. The fourth-order valence-electron chi connectivity index (χ4n) is 2.48. The topological polar surface area (TPSA) is 47.6 Å². The Bertz CT molecular complexity index is 613. The average molecular weight is 327 g/mol. The number of carbonyl (C=O) groups excluding carboxylic acids is 1. The highest BCUT2D eigenvalue weighted by Crippen LogP contribution is 2.16. The Morgan fingerprint density at radius 1 is 0.958 bits per heavy atom. The van der Waals surface area contributed by atoms with Crippen LogP contribution < -0.4 is 10.1 Å². The van der Waals surface area contributed by atoms with E-state index in [-0.39, 0.29) is 6.09 Å². The Hall–Kier alpha value is -2.49. The third-order valence-corrected chi connectivity index (χ3v) is 3.80. The summed E-state index contributed by atoms with van der Waals surface area (Å²) in [7, 11) is 1.62. The normalized spacial score (nSPS) is 10.2. The molecule has 24 heavy (non-hydrogen) atoms. The number of alkyl carbamates (subject to hydrolysis) is 1. The number of unbranched alkanes of at least 4 members (excludes halogenated alkanes) is 2. The molecule has 0 aliphatic carbocycles. The number of aryl methyl sites for hydroxylation is 1. The van der Waals surface area contributed by atoms with Gasteiger partial charge in [-0.2, -0.15) is 0 Å². The maximum atomic E-state index is 11.7. The molecule has 0 aromatic heterocycles. The largest absolute Gasteiger partial charge is 0.496 e. The summed E-state index contributed by atoms with van der Waals surface area (Å²) in [5.41, 5.74) is 2.28. The van der Waals surface area contributed by atoms with Crippen LogP contribution in [-0.2, 0) is 17.7 Å². The van der Waals surface area contributed by atoms with E-state index in [9.17, 15) is 4.79 Å². The van der Waals surface area contributed by atoms with Crippen molar-refractivity contribution in [1.82, 2.24) is 5.32 Å². The van der Waals surface area contributed by atoms with Gasteiger partial charge in [-0.3, -0.25) is 0 Å². The molecule has 1 N–H and O–H groups in total. The molecule has 4 nitrogen and oxygen atoms in total. The van der Waals surface area contributed by atoms with Gasteiger partial charge in [0, 0.05) is 12.1 Å². The quantitative estimate of drug-likeness (QED) is 0.697. The molecule has 0 fully saturated rings. The van der Waals surface area contributed by atoms with Gasteiger partial charge in [0.25, 0.3) is 0 Å². The van der Waals surface area contributed by atoms with Gasteiger partial charge in [0.05, 0.1) is 13.7 Å². The van der Waals surface area contributed by atoms with Crippen molar-refractivity contribution in [2.45, 2.75) is 32.2 Å². The van der Waals surface area contributed by atoms with Crippen LogP contribution in [0, 0.1) is 0 Å². The van der Waals surface area contributed by atoms with E-state index in [2.05, 4.69) is 29.6 Å². The molecule has 4 heteroatoms. The van der Waals surface area contributed by atoms with E-state index in [0.717, 1.165) is 37.0 Å². The van der Waals surface area contributed by atoms with Crippen LogP contribution in [-0.4, -0.2) is 19.8 Å². The second-order valence-corrected chi connectivity index (χ2v) is 5.60. The molecule has 0 aliphatic rings. The lowest BCUT2D eigenvalue weighted by atomic mass is 10.1. The van der Waals surface area contributed by atoms with E-state index in [1.165, 1.54) is 5.56 Å². The number of hydrogen-bond acceptors (Lipinski definition) is 3. The standard InChI is InChI=1S/C20H25NO3/c1-23-19-14-8-7-13-18(19)16-21-20(22)24-15-9-3-6-12-17-10-4-2-5-11-17/h2,4-5,7-8,10-11,13-14H,3,6,9,12,15-16H2,1H3,(H,21,22). The van der Waals surface area contributed by atoms with E-state index in [4.69, 9.17) is 9.47 Å². The Labute approximate surface area is 143 Å². The molecule has 2 aromatic carbocycles. The molecule has 0 saturated carbocycles. The van der Waals surface area contributed by atoms with Gasteiger partial charge in [-0.1, -0.05) is 48.5 Å². The van der Waals surface area contributed by atoms with Crippen molar-refractivity contribution >= 4 is 6.09 Å². The van der Waals surface area contributed by atoms with Crippen molar-refractivity contribution in [2.75, 3.05) is 13.7 Å². The van der Waals surface area contributed by atoms with Gasteiger partial charge in [-0.15, -0.1) is 0 Å². The first kappa shape index (κ1) is 17.9. The second-order valence-electron chi connectivity index (χ2n) is 5.60. The van der Waals surface area contributed by atoms with Crippen molar-refractivity contribution in [3.63, 3.8) is 0 Å². The number of carbonyl (C=O) groups is 1. The molecule has 2 rings (SSSR count). The molecule has 0 aliphatic heterocycles. The van der Waals surface area contributed by atoms with Gasteiger partial charge in [0.2, 0.25) is 0 Å². The maximum absolute atomic E-state index is 11.7. The average Bonchev–Trinajstić information content (AvgIpc) is 2.64. The number of amides is 1. The predicted octanol–water partition coefficient (Wildman–Crippen LogP) is 4.33. The van der Waals surface area contributed by atoms with Crippen LogP contribution in [0.4, 0.5) is 4.79 Å². The summed E-state index contributed by atoms with van der Waals surface area (Å²) in [6.45, 7) is 0.851. The zero-order valence-electron chi connectivity index (χ0n) is 14.2. The van der Waals surface area contributed by atoms with Crippen molar-refractivity contribution in [3.05, 3.63) is 65.7 Å². The van der Waals surface area contributed by atoms with Gasteiger partial charge in [-0.25, -0.2) is 4.79 Å². The van der Waals surface area contributed by atoms with Crippen molar-refractivity contribution in [3.8, 4) is 5.75 Å². The molecule has 0 heterocycles. The molecule has 2 aromatic rings. The SMILES string of the molecule is COc1ccccc1CNC(=O)OCCCCCc1ccccc1. The summed E-state index contributed by atoms with van der Waals surface area (Å²) in [6.07, 6.45) is 3.73. The Morgan fingerprint density at radius 3 is 2.50 bits per heavy atom. The Balaban J connectivity index is 1.55. The van der Waals surface area contributed by atoms with Crippen LogP contribution in [0.25, 0.3) is 0 Å². The highest BCUT2D eigenvalue weighted by molar-refractivity contribution is 5.67. The minimum Gasteiger partial charge on any atom is -0.496 e. The molecule has 0 saturated heterocycles. The first-order valence-electron chi connectivity index (χ1n) is 8.36. The number of nitrogens with one attached hydrogen (secondary N) is 1. The third-order valence-electron chi connectivity index (χ3n) is 3.80. The molecule has 0 radical (unpaired) electrons. The number of rotatable bonds is 9. The Kier molecular flexibility index (Phi) is 7.68. The van der Waals surface area contributed by atoms with Crippen LogP contribution >= 0.6 is 0 Å². The van der Waals surface area contributed by atoms with E-state index < -0.39 is 0 Å². The number of methoxy groups -OCH3 is 1. The fraction of sp³-hybridized carbons (Fsp3) is 0.350. The summed E-state index contributed by atoms with van der Waals surface area (Å²) in [5, 5.41) is 2.75. The Morgan fingerprint density at radius 2 is 1.71 bits per heavy atom. The minimum absolute atomic E-state index is 0.385. The molecule has 1 amide bonds. The summed E-state index contributed by atoms with van der Waals surface area (Å²) >= 11 is 0. The molecule has 0 bridgehead atoms. The zero-order valence-corrected chi connectivity index (χ0v) is 14.2. The third kappa shape index (κ3) is 6.32. The number of ether oxygens (including phenoxy) is 2. The predicted molar refractivity (Wildman–Crippen MR) is 95.2 cm³/mol. The number of para-hydroxylation sites is 1. The highest BCUT2D eigenvalue weighted by atomic mass is 16.5. The van der Waals surface area contributed by atoms with Gasteiger partial charge in [0.15, 0.2) is 0 Å². The smallest absolute Gasteiger partial charge is 0.407 e. The van der Waals surface area contributed by atoms with Gasteiger partial charge in [-0.05, 0) is 37.3 Å². The maximum Gasteiger partial charge on any atom is 0.407 e. The van der Waals surface area contributed by atoms with Crippen LogP contribution in [0.1, 0.15) is 30.4 Å². The summed E-state index contributed by atoms with van der Waals surface area (Å²) in [5.74, 6) is 0.763. The molecule has 0 unspecified atom stereocenters. The molecular weight excluding hydrogens is 302 g/mol. The lowest BCUT2D eigenvalue weighted by Gasteiger charge is -2.10. The lowest BCUT2D eigenvalue weighted by Crippen LogP contribution is -2.24. The first-order chi connectivity index (χ1) is 11.8. The van der Waals surface area contributed by atoms with E-state index in [1.54, 1.807) is 7.11 Å². The number of hydrogen-bond donors (Lipinski definition) is 1. The van der Waals surface area contributed by atoms with Crippen LogP contribution in [0.5, 0.6) is 5.75 Å². The van der Waals surface area contributed by atoms with Gasteiger partial charge >= 0.3 is 6.09 Å². The molecule has 128 valence electrons. The van der Waals surface area contributed by atoms with Crippen LogP contribution in [0.3, 0.4) is 0 Å². The van der Waals surface area contributed by atoms with E-state index in [0.29, 0.717) is 13.2 Å². The molecular formula is C20H25NO3. The van der Waals surface area contributed by atoms with Gasteiger partial charge in [0.1, 0.15) is 5.75 Å². The monoisotopic (exact) mass is 327 g/mol. The highest BCUT2D eigenvalue weighted by Gasteiger charge is 2.05. The number of benzene rings is 2. The molecule has 0 spiro atoms. The second kappa shape index (κ2) is 10.3. The van der Waals surface area contributed by atoms with Crippen molar-refractivity contribution < 1.29 is 14.3 Å². The summed E-state index contributed by atoms with van der Waals surface area (Å²) in [4.78, 5) is 11.7. The van der Waals surface area contributed by atoms with Crippen LogP contribution in [0.2, 0.25) is 0 Å². The lowest BCUT2D eigenvalue weighted by molar-refractivity contribution is 0.143. The van der Waals surface area contributed by atoms with E-state index >= 15 is 0 Å². The minimum atomic E-state index is -0.385. The van der Waals surface area contributed by atoms with E-state index in [1.807, 2.05) is 30.3 Å². The van der Waals surface area contributed by atoms with Crippen molar-refractivity contribution in [1.29, 1.82) is 0 Å². The van der Waals surface area contributed by atoms with Crippen molar-refractivity contribution in [2.24, 2.45) is 0 Å². The van der Waals surface area contributed by atoms with Crippen LogP contribution in [0.15, 0.2) is 54.6 Å². The fourth-order valence-corrected chi connectivity index (χ4v) is 2.48.